The van der Waals surface area contributed by atoms with Gasteiger partial charge in [0.25, 0.3) is 0 Å². The Balaban J connectivity index is 1.98. The Morgan fingerprint density at radius 2 is 1.81 bits per heavy atom. The Labute approximate surface area is 129 Å². The molecule has 4 nitrogen and oxygen atoms in total. The third-order valence-electron chi connectivity index (χ3n) is 3.19. The number of nitrogen functional groups attached to an aromatic ring is 1. The molecule has 21 heavy (non-hydrogen) atoms. The summed E-state index contributed by atoms with van der Waals surface area (Å²) in [5, 5.41) is 3.95. The normalized spacial score (nSPS) is 10.2. The van der Waals surface area contributed by atoms with E-state index >= 15 is 0 Å². The van der Waals surface area contributed by atoms with Gasteiger partial charge in [0.2, 0.25) is 0 Å². The topological polar surface area (TPSA) is 56.5 Å². The highest BCUT2D eigenvalue weighted by Crippen LogP contribution is 2.28. The highest BCUT2D eigenvalue weighted by molar-refractivity contribution is 6.31. The van der Waals surface area contributed by atoms with E-state index in [4.69, 9.17) is 26.8 Å². The molecule has 3 N–H and O–H groups in total. The second kappa shape index (κ2) is 7.09. The van der Waals surface area contributed by atoms with Gasteiger partial charge in [0.1, 0.15) is 0 Å². The smallest absolute Gasteiger partial charge is 0.160 e. The molecule has 0 radical (unpaired) electrons. The fourth-order valence-corrected chi connectivity index (χ4v) is 2.23. The van der Waals surface area contributed by atoms with E-state index in [-0.39, 0.29) is 0 Å². The van der Waals surface area contributed by atoms with Crippen molar-refractivity contribution in [1.82, 2.24) is 0 Å². The van der Waals surface area contributed by atoms with Crippen LogP contribution in [0.1, 0.15) is 5.56 Å². The Bertz CT molecular complexity index is 617. The summed E-state index contributed by atoms with van der Waals surface area (Å²) >= 11 is 5.96. The van der Waals surface area contributed by atoms with Gasteiger partial charge in [-0.15, -0.1) is 0 Å². The minimum Gasteiger partial charge on any atom is -0.493 e. The number of nitrogens with one attached hydrogen (secondary N) is 1. The van der Waals surface area contributed by atoms with Gasteiger partial charge in [-0.1, -0.05) is 17.7 Å². The predicted octanol–water partition coefficient (Wildman–Crippen LogP) is 3.59. The molecule has 0 unspecified atom stereocenters. The molecule has 2 aromatic rings. The number of rotatable bonds is 6. The number of halogens is 1. The maximum Gasteiger partial charge on any atom is 0.160 e. The zero-order valence-corrected chi connectivity index (χ0v) is 12.9. The van der Waals surface area contributed by atoms with Crippen molar-refractivity contribution in [2.24, 2.45) is 0 Å². The fraction of sp³-hybridized carbons (Fsp3) is 0.250. The van der Waals surface area contributed by atoms with Gasteiger partial charge in [-0.05, 0) is 42.3 Å². The zero-order valence-electron chi connectivity index (χ0n) is 12.2. The summed E-state index contributed by atoms with van der Waals surface area (Å²) in [7, 11) is 3.26. The molecule has 0 fully saturated rings. The molecule has 0 aliphatic carbocycles. The average Bonchev–Trinajstić information content (AvgIpc) is 2.50. The first-order valence-corrected chi connectivity index (χ1v) is 7.01. The average molecular weight is 307 g/mol. The van der Waals surface area contributed by atoms with Gasteiger partial charge in [0.05, 0.1) is 25.6 Å². The summed E-state index contributed by atoms with van der Waals surface area (Å²) in [6, 6.07) is 11.3. The molecule has 5 heteroatoms. The van der Waals surface area contributed by atoms with Crippen molar-refractivity contribution in [2.45, 2.75) is 6.42 Å². The van der Waals surface area contributed by atoms with E-state index < -0.39 is 0 Å². The monoisotopic (exact) mass is 306 g/mol. The van der Waals surface area contributed by atoms with Crippen molar-refractivity contribution in [3.63, 3.8) is 0 Å². The summed E-state index contributed by atoms with van der Waals surface area (Å²) in [5.41, 5.74) is 8.58. The Kier molecular flexibility index (Phi) is 5.17. The van der Waals surface area contributed by atoms with Gasteiger partial charge < -0.3 is 20.5 Å². The van der Waals surface area contributed by atoms with Gasteiger partial charge in [-0.2, -0.15) is 0 Å². The molecule has 0 bridgehead atoms. The molecule has 112 valence electrons. The number of methoxy groups -OCH3 is 2. The van der Waals surface area contributed by atoms with Gasteiger partial charge in [0, 0.05) is 11.6 Å². The highest BCUT2D eigenvalue weighted by atomic mass is 35.5. The molecule has 0 atom stereocenters. The first-order chi connectivity index (χ1) is 10.1. The highest BCUT2D eigenvalue weighted by Gasteiger charge is 2.05. The zero-order chi connectivity index (χ0) is 15.2. The molecule has 2 aromatic carbocycles. The summed E-state index contributed by atoms with van der Waals surface area (Å²) in [4.78, 5) is 0. The van der Waals surface area contributed by atoms with Gasteiger partial charge in [-0.25, -0.2) is 0 Å². The van der Waals surface area contributed by atoms with E-state index in [0.29, 0.717) is 10.7 Å². The van der Waals surface area contributed by atoms with Gasteiger partial charge >= 0.3 is 0 Å². The van der Waals surface area contributed by atoms with Crippen molar-refractivity contribution in [3.8, 4) is 11.5 Å². The van der Waals surface area contributed by atoms with E-state index in [9.17, 15) is 0 Å². The first kappa shape index (κ1) is 15.3. The second-order valence-corrected chi connectivity index (χ2v) is 5.03. The van der Waals surface area contributed by atoms with Crippen LogP contribution in [0, 0.1) is 0 Å². The van der Waals surface area contributed by atoms with Crippen LogP contribution in [0.4, 0.5) is 11.4 Å². The lowest BCUT2D eigenvalue weighted by molar-refractivity contribution is 0.354. The molecule has 0 heterocycles. The first-order valence-electron chi connectivity index (χ1n) is 6.64. The van der Waals surface area contributed by atoms with Gasteiger partial charge in [0.15, 0.2) is 11.5 Å². The van der Waals surface area contributed by atoms with Crippen molar-refractivity contribution in [2.75, 3.05) is 31.8 Å². The van der Waals surface area contributed by atoms with Crippen molar-refractivity contribution in [3.05, 3.63) is 47.0 Å². The van der Waals surface area contributed by atoms with Crippen LogP contribution in [0.3, 0.4) is 0 Å². The van der Waals surface area contributed by atoms with E-state index in [1.54, 1.807) is 26.4 Å². The molecule has 0 amide bonds. The molecule has 0 aromatic heterocycles. The van der Waals surface area contributed by atoms with E-state index in [1.165, 1.54) is 0 Å². The van der Waals surface area contributed by atoms with Crippen LogP contribution in [0.2, 0.25) is 5.02 Å². The third kappa shape index (κ3) is 3.95. The second-order valence-electron chi connectivity index (χ2n) is 4.60. The molecular formula is C16H19ClN2O2. The van der Waals surface area contributed by atoms with Crippen LogP contribution in [-0.2, 0) is 6.42 Å². The van der Waals surface area contributed by atoms with Crippen LogP contribution in [0.25, 0.3) is 0 Å². The maximum atomic E-state index is 5.96. The Morgan fingerprint density at radius 3 is 2.52 bits per heavy atom. The van der Waals surface area contributed by atoms with E-state index in [0.717, 1.165) is 35.7 Å². The largest absolute Gasteiger partial charge is 0.493 e. The molecule has 0 aliphatic rings. The minimum atomic E-state index is 0.665. The maximum absolute atomic E-state index is 5.96. The Hall–Kier alpha value is -2.07. The van der Waals surface area contributed by atoms with Crippen LogP contribution in [0.15, 0.2) is 36.4 Å². The quantitative estimate of drug-likeness (QED) is 0.801. The molecule has 0 spiro atoms. The fourth-order valence-electron chi connectivity index (χ4n) is 2.06. The summed E-state index contributed by atoms with van der Waals surface area (Å²) in [6.45, 7) is 0.750. The molecule has 0 aliphatic heterocycles. The van der Waals surface area contributed by atoms with Crippen molar-refractivity contribution >= 4 is 23.0 Å². The van der Waals surface area contributed by atoms with Crippen molar-refractivity contribution in [1.29, 1.82) is 0 Å². The predicted molar refractivity (Wildman–Crippen MR) is 87.6 cm³/mol. The van der Waals surface area contributed by atoms with Crippen LogP contribution < -0.4 is 20.5 Å². The molecule has 0 saturated heterocycles. The minimum absolute atomic E-state index is 0.665. The van der Waals surface area contributed by atoms with Gasteiger partial charge in [-0.3, -0.25) is 0 Å². The number of nitrogens with two attached hydrogens (primary N) is 1. The number of hydrogen-bond acceptors (Lipinski definition) is 4. The number of hydrogen-bond donors (Lipinski definition) is 2. The standard InChI is InChI=1S/C16H19ClN2O2/c1-20-15-6-3-11(9-16(15)21-2)7-8-19-14-10-12(17)4-5-13(14)18/h3-6,9-10,19H,7-8,18H2,1-2H3. The number of ether oxygens (including phenoxy) is 2. The Morgan fingerprint density at radius 1 is 1.05 bits per heavy atom. The summed E-state index contributed by atoms with van der Waals surface area (Å²) in [5.74, 6) is 1.46. The van der Waals surface area contributed by atoms with E-state index in [2.05, 4.69) is 5.32 Å². The lowest BCUT2D eigenvalue weighted by atomic mass is 10.1. The summed E-state index contributed by atoms with van der Waals surface area (Å²) < 4.78 is 10.5. The molecule has 0 saturated carbocycles. The summed E-state index contributed by atoms with van der Waals surface area (Å²) in [6.07, 6.45) is 0.840. The third-order valence-corrected chi connectivity index (χ3v) is 3.43. The molecular weight excluding hydrogens is 288 g/mol. The SMILES string of the molecule is COc1ccc(CCNc2cc(Cl)ccc2N)cc1OC. The molecule has 2 rings (SSSR count). The number of anilines is 2. The van der Waals surface area contributed by atoms with Crippen LogP contribution >= 0.6 is 11.6 Å². The van der Waals surface area contributed by atoms with Crippen LogP contribution in [0.5, 0.6) is 11.5 Å². The lowest BCUT2D eigenvalue weighted by Gasteiger charge is -2.12. The van der Waals surface area contributed by atoms with Crippen molar-refractivity contribution < 1.29 is 9.47 Å². The lowest BCUT2D eigenvalue weighted by Crippen LogP contribution is -2.07. The van der Waals surface area contributed by atoms with Crippen LogP contribution in [-0.4, -0.2) is 20.8 Å². The van der Waals surface area contributed by atoms with E-state index in [1.807, 2.05) is 24.3 Å². The number of benzene rings is 2.